The first-order valence-corrected chi connectivity index (χ1v) is 5.71. The molecule has 1 fully saturated rings. The molecule has 1 aromatic carbocycles. The molecule has 3 nitrogen and oxygen atoms in total. The number of nitrogens with zero attached hydrogens (tertiary/aromatic N) is 1. The van der Waals surface area contributed by atoms with Crippen molar-refractivity contribution < 1.29 is 4.79 Å². The third kappa shape index (κ3) is 2.97. The zero-order chi connectivity index (χ0) is 11.5. The topological polar surface area (TPSA) is 41.5 Å². The highest BCUT2D eigenvalue weighted by Gasteiger charge is 2.18. The summed E-state index contributed by atoms with van der Waals surface area (Å²) in [5.41, 5.74) is 2.81. The van der Waals surface area contributed by atoms with E-state index in [1.165, 1.54) is 6.07 Å². The van der Waals surface area contributed by atoms with Crippen LogP contribution in [0.1, 0.15) is 23.2 Å². The van der Waals surface area contributed by atoms with E-state index in [2.05, 4.69) is 10.5 Å². The lowest BCUT2D eigenvalue weighted by Crippen LogP contribution is -2.18. The molecule has 1 amide bonds. The SMILES string of the molecule is O=C(N/N=C\C1CC1)c1ccc(Cl)cc1Cl. The Morgan fingerprint density at radius 3 is 2.81 bits per heavy atom. The van der Waals surface area contributed by atoms with Gasteiger partial charge >= 0.3 is 0 Å². The predicted octanol–water partition coefficient (Wildman–Crippen LogP) is 3.12. The van der Waals surface area contributed by atoms with E-state index in [1.54, 1.807) is 18.3 Å². The molecule has 5 heteroatoms. The van der Waals surface area contributed by atoms with Crippen LogP contribution in [0.3, 0.4) is 0 Å². The number of carbonyl (C=O) groups excluding carboxylic acids is 1. The van der Waals surface area contributed by atoms with Gasteiger partial charge in [0, 0.05) is 11.2 Å². The molecule has 84 valence electrons. The molecule has 0 heterocycles. The van der Waals surface area contributed by atoms with Gasteiger partial charge in [-0.2, -0.15) is 5.10 Å². The molecule has 0 bridgehead atoms. The van der Waals surface area contributed by atoms with Gasteiger partial charge in [-0.1, -0.05) is 23.2 Å². The number of amides is 1. The Labute approximate surface area is 103 Å². The maximum absolute atomic E-state index is 11.6. The molecule has 1 aromatic rings. The highest BCUT2D eigenvalue weighted by molar-refractivity contribution is 6.36. The molecule has 0 aromatic heterocycles. The van der Waals surface area contributed by atoms with Crippen molar-refractivity contribution in [1.82, 2.24) is 5.43 Å². The van der Waals surface area contributed by atoms with E-state index in [1.807, 2.05) is 0 Å². The Morgan fingerprint density at radius 1 is 1.44 bits per heavy atom. The molecule has 1 N–H and O–H groups in total. The lowest BCUT2D eigenvalue weighted by atomic mass is 10.2. The fraction of sp³-hybridized carbons (Fsp3) is 0.273. The molecule has 0 unspecified atom stereocenters. The van der Waals surface area contributed by atoms with Gasteiger partial charge < -0.3 is 0 Å². The van der Waals surface area contributed by atoms with E-state index in [-0.39, 0.29) is 5.91 Å². The number of nitrogens with one attached hydrogen (secondary N) is 1. The van der Waals surface area contributed by atoms with Gasteiger partial charge in [-0.15, -0.1) is 0 Å². The standard InChI is InChI=1S/C11H10Cl2N2O/c12-8-3-4-9(10(13)5-8)11(16)15-14-6-7-1-2-7/h3-7H,1-2H2,(H,15,16)/b14-6-. The molecule has 0 atom stereocenters. The van der Waals surface area contributed by atoms with Crippen LogP contribution in [0, 0.1) is 5.92 Å². The summed E-state index contributed by atoms with van der Waals surface area (Å²) in [6.45, 7) is 0. The molecule has 16 heavy (non-hydrogen) atoms. The van der Waals surface area contributed by atoms with Crippen LogP contribution in [0.2, 0.25) is 10.0 Å². The molecular weight excluding hydrogens is 247 g/mol. The summed E-state index contributed by atoms with van der Waals surface area (Å²) in [5, 5.41) is 4.69. The molecule has 1 aliphatic rings. The minimum atomic E-state index is -0.321. The highest BCUT2D eigenvalue weighted by atomic mass is 35.5. The minimum absolute atomic E-state index is 0.321. The van der Waals surface area contributed by atoms with Crippen LogP contribution in [-0.2, 0) is 0 Å². The predicted molar refractivity (Wildman–Crippen MR) is 65.1 cm³/mol. The Bertz CT molecular complexity index is 442. The van der Waals surface area contributed by atoms with E-state index in [0.717, 1.165) is 12.8 Å². The lowest BCUT2D eigenvalue weighted by molar-refractivity contribution is 0.0955. The van der Waals surface area contributed by atoms with Gasteiger partial charge in [0.25, 0.3) is 5.91 Å². The van der Waals surface area contributed by atoms with Crippen LogP contribution in [0.4, 0.5) is 0 Å². The second kappa shape index (κ2) is 4.85. The number of hydrazone groups is 1. The summed E-state index contributed by atoms with van der Waals surface area (Å²) in [6.07, 6.45) is 4.06. The quantitative estimate of drug-likeness (QED) is 0.656. The fourth-order valence-corrected chi connectivity index (χ4v) is 1.67. The highest BCUT2D eigenvalue weighted by Crippen LogP contribution is 2.26. The van der Waals surface area contributed by atoms with Crippen molar-refractivity contribution in [3.63, 3.8) is 0 Å². The smallest absolute Gasteiger partial charge is 0.267 e. The van der Waals surface area contributed by atoms with Crippen LogP contribution >= 0.6 is 23.2 Å². The van der Waals surface area contributed by atoms with Crippen molar-refractivity contribution in [1.29, 1.82) is 0 Å². The van der Waals surface area contributed by atoms with E-state index in [4.69, 9.17) is 23.2 Å². The first-order valence-electron chi connectivity index (χ1n) is 4.95. The Balaban J connectivity index is 2.01. The number of hydrogen-bond donors (Lipinski definition) is 1. The normalized spacial score (nSPS) is 15.4. The second-order valence-electron chi connectivity index (χ2n) is 3.68. The van der Waals surface area contributed by atoms with E-state index in [0.29, 0.717) is 21.5 Å². The maximum atomic E-state index is 11.6. The van der Waals surface area contributed by atoms with Crippen molar-refractivity contribution in [3.05, 3.63) is 33.8 Å². The van der Waals surface area contributed by atoms with Gasteiger partial charge in [0.05, 0.1) is 10.6 Å². The molecule has 0 saturated heterocycles. The van der Waals surface area contributed by atoms with Crippen molar-refractivity contribution >= 4 is 35.3 Å². The monoisotopic (exact) mass is 256 g/mol. The van der Waals surface area contributed by atoms with Gasteiger partial charge in [0.1, 0.15) is 0 Å². The number of carbonyl (C=O) groups is 1. The maximum Gasteiger partial charge on any atom is 0.272 e. The average molecular weight is 257 g/mol. The fourth-order valence-electron chi connectivity index (χ4n) is 1.18. The number of hydrogen-bond acceptors (Lipinski definition) is 2. The van der Waals surface area contributed by atoms with E-state index < -0.39 is 0 Å². The zero-order valence-electron chi connectivity index (χ0n) is 8.41. The van der Waals surface area contributed by atoms with Crippen molar-refractivity contribution in [2.75, 3.05) is 0 Å². The van der Waals surface area contributed by atoms with Crippen molar-refractivity contribution in [2.24, 2.45) is 11.0 Å². The summed E-state index contributed by atoms with van der Waals surface area (Å²) in [7, 11) is 0. The molecule has 1 saturated carbocycles. The van der Waals surface area contributed by atoms with E-state index >= 15 is 0 Å². The second-order valence-corrected chi connectivity index (χ2v) is 4.52. The summed E-state index contributed by atoms with van der Waals surface area (Å²) in [4.78, 5) is 11.6. The Morgan fingerprint density at radius 2 is 2.19 bits per heavy atom. The van der Waals surface area contributed by atoms with Crippen LogP contribution in [0.15, 0.2) is 23.3 Å². The van der Waals surface area contributed by atoms with Crippen molar-refractivity contribution in [3.8, 4) is 0 Å². The van der Waals surface area contributed by atoms with Gasteiger partial charge in [-0.05, 0) is 37.0 Å². The average Bonchev–Trinajstić information content (AvgIpc) is 3.01. The first kappa shape index (κ1) is 11.4. The third-order valence-corrected chi connectivity index (χ3v) is 2.80. The Kier molecular flexibility index (Phi) is 3.46. The van der Waals surface area contributed by atoms with Crippen LogP contribution in [0.25, 0.3) is 0 Å². The molecule has 2 rings (SSSR count). The minimum Gasteiger partial charge on any atom is -0.267 e. The molecule has 1 aliphatic carbocycles. The Hall–Kier alpha value is -1.06. The number of benzene rings is 1. The summed E-state index contributed by atoms with van der Waals surface area (Å²) < 4.78 is 0. The summed E-state index contributed by atoms with van der Waals surface area (Å²) in [5.74, 6) is 0.208. The van der Waals surface area contributed by atoms with Crippen LogP contribution in [0.5, 0.6) is 0 Å². The van der Waals surface area contributed by atoms with Crippen LogP contribution in [-0.4, -0.2) is 12.1 Å². The molecule has 0 radical (unpaired) electrons. The van der Waals surface area contributed by atoms with Gasteiger partial charge in [-0.3, -0.25) is 4.79 Å². The van der Waals surface area contributed by atoms with Gasteiger partial charge in [0.2, 0.25) is 0 Å². The third-order valence-electron chi connectivity index (χ3n) is 2.25. The van der Waals surface area contributed by atoms with Crippen LogP contribution < -0.4 is 5.43 Å². The first-order chi connectivity index (χ1) is 7.66. The zero-order valence-corrected chi connectivity index (χ0v) is 9.92. The van der Waals surface area contributed by atoms with Gasteiger partial charge in [0.15, 0.2) is 0 Å². The number of rotatable bonds is 3. The molecule has 0 spiro atoms. The van der Waals surface area contributed by atoms with Crippen molar-refractivity contribution in [2.45, 2.75) is 12.8 Å². The van der Waals surface area contributed by atoms with E-state index in [9.17, 15) is 4.79 Å². The number of halogens is 2. The molecular formula is C11H10Cl2N2O. The summed E-state index contributed by atoms with van der Waals surface area (Å²) in [6, 6.07) is 4.72. The largest absolute Gasteiger partial charge is 0.272 e. The lowest BCUT2D eigenvalue weighted by Gasteiger charge is -2.02. The summed E-state index contributed by atoms with van der Waals surface area (Å²) >= 11 is 11.6. The molecule has 0 aliphatic heterocycles. The van der Waals surface area contributed by atoms with Gasteiger partial charge in [-0.25, -0.2) is 5.43 Å².